The first-order valence-corrected chi connectivity index (χ1v) is 6.63. The quantitative estimate of drug-likeness (QED) is 0.610. The van der Waals surface area contributed by atoms with E-state index >= 15 is 0 Å². The minimum atomic E-state index is -0.848. The second-order valence-corrected chi connectivity index (χ2v) is 4.84. The molecule has 1 saturated heterocycles. The molecule has 7 heteroatoms. The molecule has 19 heavy (non-hydrogen) atoms. The highest BCUT2D eigenvalue weighted by molar-refractivity contribution is 5.74. The van der Waals surface area contributed by atoms with E-state index in [0.717, 1.165) is 13.1 Å². The van der Waals surface area contributed by atoms with Gasteiger partial charge in [0.05, 0.1) is 6.61 Å². The zero-order chi connectivity index (χ0) is 14.3. The van der Waals surface area contributed by atoms with Gasteiger partial charge in [0, 0.05) is 45.2 Å². The first kappa shape index (κ1) is 15.7. The molecule has 110 valence electrons. The Hall–Kier alpha value is -1.34. The van der Waals surface area contributed by atoms with Gasteiger partial charge in [-0.25, -0.2) is 4.79 Å². The normalized spacial score (nSPS) is 18.1. The predicted molar refractivity (Wildman–Crippen MR) is 70.0 cm³/mol. The molecule has 0 spiro atoms. The summed E-state index contributed by atoms with van der Waals surface area (Å²) >= 11 is 0. The molecule has 1 rings (SSSR count). The van der Waals surface area contributed by atoms with Gasteiger partial charge in [0.25, 0.3) is 0 Å². The monoisotopic (exact) mass is 273 g/mol. The van der Waals surface area contributed by atoms with Gasteiger partial charge in [-0.2, -0.15) is 0 Å². The summed E-state index contributed by atoms with van der Waals surface area (Å²) in [6.45, 7) is 5.38. The van der Waals surface area contributed by atoms with Crippen molar-refractivity contribution in [3.63, 3.8) is 0 Å². The lowest BCUT2D eigenvalue weighted by Crippen LogP contribution is -2.53. The molecular weight excluding hydrogens is 250 g/mol. The number of carbonyl (C=O) groups excluding carboxylic acids is 1. The molecular formula is C12H23N3O4. The molecule has 0 aromatic heterocycles. The van der Waals surface area contributed by atoms with Gasteiger partial charge in [-0.1, -0.05) is 0 Å². The zero-order valence-corrected chi connectivity index (χ0v) is 11.3. The highest BCUT2D eigenvalue weighted by Crippen LogP contribution is 2.03. The number of hydrogen-bond donors (Lipinski definition) is 3. The molecule has 1 aliphatic heterocycles. The summed E-state index contributed by atoms with van der Waals surface area (Å²) in [5.41, 5.74) is 0. The van der Waals surface area contributed by atoms with Crippen LogP contribution in [0.25, 0.3) is 0 Å². The number of carboxylic acid groups (broad SMARTS) is 1. The van der Waals surface area contributed by atoms with Crippen molar-refractivity contribution in [2.75, 3.05) is 39.3 Å². The maximum atomic E-state index is 11.9. The molecule has 1 heterocycles. The summed E-state index contributed by atoms with van der Waals surface area (Å²) in [6.07, 6.45) is 0.497. The molecule has 7 nitrogen and oxygen atoms in total. The number of piperazine rings is 1. The molecule has 3 N–H and O–H groups in total. The molecule has 1 atom stereocenters. The Labute approximate surface area is 113 Å². The highest BCUT2D eigenvalue weighted by atomic mass is 16.4. The van der Waals surface area contributed by atoms with Crippen LogP contribution in [0.1, 0.15) is 19.8 Å². The van der Waals surface area contributed by atoms with Gasteiger partial charge in [0.2, 0.25) is 0 Å². The van der Waals surface area contributed by atoms with Crippen LogP contribution >= 0.6 is 0 Å². The van der Waals surface area contributed by atoms with Gasteiger partial charge >= 0.3 is 12.0 Å². The topological polar surface area (TPSA) is 93.1 Å². The number of hydrogen-bond acceptors (Lipinski definition) is 4. The SMILES string of the molecule is CC(CCC(=O)O)NC(=O)N1CCN(CCO)CC1. The van der Waals surface area contributed by atoms with E-state index in [9.17, 15) is 9.59 Å². The van der Waals surface area contributed by atoms with Crippen LogP contribution in [0, 0.1) is 0 Å². The second-order valence-electron chi connectivity index (χ2n) is 4.84. The third-order valence-electron chi connectivity index (χ3n) is 3.24. The first-order valence-electron chi connectivity index (χ1n) is 6.63. The maximum absolute atomic E-state index is 11.9. The van der Waals surface area contributed by atoms with E-state index in [1.54, 1.807) is 4.90 Å². The molecule has 0 aromatic carbocycles. The van der Waals surface area contributed by atoms with Gasteiger partial charge in [-0.05, 0) is 13.3 Å². The van der Waals surface area contributed by atoms with E-state index in [0.29, 0.717) is 26.1 Å². The number of aliphatic hydroxyl groups excluding tert-OH is 1. The molecule has 1 fully saturated rings. The predicted octanol–water partition coefficient (Wildman–Crippen LogP) is -0.441. The minimum Gasteiger partial charge on any atom is -0.481 e. The van der Waals surface area contributed by atoms with E-state index in [-0.39, 0.29) is 25.1 Å². The smallest absolute Gasteiger partial charge is 0.317 e. The van der Waals surface area contributed by atoms with E-state index < -0.39 is 5.97 Å². The summed E-state index contributed by atoms with van der Waals surface area (Å²) in [7, 11) is 0. The molecule has 0 radical (unpaired) electrons. The fourth-order valence-corrected chi connectivity index (χ4v) is 2.03. The van der Waals surface area contributed by atoms with E-state index in [1.807, 2.05) is 6.92 Å². The van der Waals surface area contributed by atoms with Crippen molar-refractivity contribution in [2.45, 2.75) is 25.8 Å². The standard InChI is InChI=1S/C12H23N3O4/c1-10(2-3-11(17)18)13-12(19)15-6-4-14(5-7-15)8-9-16/h10,16H,2-9H2,1H3,(H,13,19)(H,17,18). The van der Waals surface area contributed by atoms with Crippen LogP contribution in [-0.4, -0.2) is 77.4 Å². The van der Waals surface area contributed by atoms with Crippen molar-refractivity contribution >= 4 is 12.0 Å². The fraction of sp³-hybridized carbons (Fsp3) is 0.833. The van der Waals surface area contributed by atoms with Gasteiger partial charge < -0.3 is 20.4 Å². The molecule has 2 amide bonds. The minimum absolute atomic E-state index is 0.0612. The Kier molecular flexibility index (Phi) is 6.58. The molecule has 0 aromatic rings. The Morgan fingerprint density at radius 2 is 1.89 bits per heavy atom. The summed E-state index contributed by atoms with van der Waals surface area (Å²) in [5.74, 6) is -0.848. The van der Waals surface area contributed by atoms with E-state index in [1.165, 1.54) is 0 Å². The number of carbonyl (C=O) groups is 2. The Bertz CT molecular complexity index is 303. The number of rotatable bonds is 6. The van der Waals surface area contributed by atoms with Crippen molar-refractivity contribution in [1.82, 2.24) is 15.1 Å². The maximum Gasteiger partial charge on any atom is 0.317 e. The van der Waals surface area contributed by atoms with Crippen LogP contribution in [0.2, 0.25) is 0 Å². The van der Waals surface area contributed by atoms with Crippen molar-refractivity contribution in [3.05, 3.63) is 0 Å². The first-order chi connectivity index (χ1) is 9.02. The number of urea groups is 1. The van der Waals surface area contributed by atoms with Crippen LogP contribution in [0.15, 0.2) is 0 Å². The number of aliphatic hydroxyl groups is 1. The van der Waals surface area contributed by atoms with Gasteiger partial charge in [-0.3, -0.25) is 9.69 Å². The van der Waals surface area contributed by atoms with Crippen molar-refractivity contribution < 1.29 is 19.8 Å². The lowest BCUT2D eigenvalue weighted by atomic mass is 10.2. The summed E-state index contributed by atoms with van der Waals surface area (Å²) in [5, 5.41) is 20.2. The number of carboxylic acids is 1. The molecule has 1 aliphatic rings. The number of nitrogens with zero attached hydrogens (tertiary/aromatic N) is 2. The van der Waals surface area contributed by atoms with Crippen LogP contribution in [0.4, 0.5) is 4.79 Å². The van der Waals surface area contributed by atoms with Crippen molar-refractivity contribution in [3.8, 4) is 0 Å². The van der Waals surface area contributed by atoms with Gasteiger partial charge in [0.15, 0.2) is 0 Å². The van der Waals surface area contributed by atoms with Crippen LogP contribution in [0.3, 0.4) is 0 Å². The van der Waals surface area contributed by atoms with Crippen LogP contribution in [-0.2, 0) is 4.79 Å². The van der Waals surface area contributed by atoms with E-state index in [4.69, 9.17) is 10.2 Å². The van der Waals surface area contributed by atoms with Crippen molar-refractivity contribution in [1.29, 1.82) is 0 Å². The molecule has 0 saturated carbocycles. The fourth-order valence-electron chi connectivity index (χ4n) is 2.03. The van der Waals surface area contributed by atoms with Crippen LogP contribution < -0.4 is 5.32 Å². The third kappa shape index (κ3) is 5.89. The average Bonchev–Trinajstić information content (AvgIpc) is 2.37. The number of nitrogens with one attached hydrogen (secondary N) is 1. The zero-order valence-electron chi connectivity index (χ0n) is 11.3. The summed E-state index contributed by atoms with van der Waals surface area (Å²) in [6, 6.07) is -0.277. The molecule has 1 unspecified atom stereocenters. The average molecular weight is 273 g/mol. The second kappa shape index (κ2) is 7.96. The summed E-state index contributed by atoms with van der Waals surface area (Å²) in [4.78, 5) is 26.2. The summed E-state index contributed by atoms with van der Waals surface area (Å²) < 4.78 is 0. The Morgan fingerprint density at radius 3 is 2.42 bits per heavy atom. The highest BCUT2D eigenvalue weighted by Gasteiger charge is 2.21. The van der Waals surface area contributed by atoms with Crippen LogP contribution in [0.5, 0.6) is 0 Å². The number of β-amino-alcohol motifs (C(OH)–C–C–N with tert-alkyl or cyclic N) is 1. The number of aliphatic carboxylic acids is 1. The lowest BCUT2D eigenvalue weighted by molar-refractivity contribution is -0.137. The largest absolute Gasteiger partial charge is 0.481 e. The van der Waals surface area contributed by atoms with Gasteiger partial charge in [0.1, 0.15) is 0 Å². The Morgan fingerprint density at radius 1 is 1.26 bits per heavy atom. The van der Waals surface area contributed by atoms with Gasteiger partial charge in [-0.15, -0.1) is 0 Å². The van der Waals surface area contributed by atoms with Crippen molar-refractivity contribution in [2.24, 2.45) is 0 Å². The lowest BCUT2D eigenvalue weighted by Gasteiger charge is -2.34. The third-order valence-corrected chi connectivity index (χ3v) is 3.24. The molecule has 0 bridgehead atoms. The Balaban J connectivity index is 2.25. The van der Waals surface area contributed by atoms with E-state index in [2.05, 4.69) is 10.2 Å². The number of amides is 2. The molecule has 0 aliphatic carbocycles.